The van der Waals surface area contributed by atoms with E-state index >= 15 is 0 Å². The monoisotopic (exact) mass is 310 g/mol. The van der Waals surface area contributed by atoms with E-state index < -0.39 is 9.84 Å². The van der Waals surface area contributed by atoms with Gasteiger partial charge in [-0.05, 0) is 25.0 Å². The smallest absolute Gasteiger partial charge is 0.229 e. The molecule has 1 amide bonds. The van der Waals surface area contributed by atoms with Crippen molar-refractivity contribution in [1.29, 1.82) is 0 Å². The Bertz CT molecular complexity index is 613. The normalized spacial score (nSPS) is 23.3. The van der Waals surface area contributed by atoms with Crippen LogP contribution in [0.25, 0.3) is 0 Å². The van der Waals surface area contributed by atoms with E-state index in [1.165, 1.54) is 6.07 Å². The summed E-state index contributed by atoms with van der Waals surface area (Å²) in [5.74, 6) is -0.430. The van der Waals surface area contributed by atoms with E-state index in [2.05, 4.69) is 5.32 Å². The second-order valence-corrected chi connectivity index (χ2v) is 7.65. The van der Waals surface area contributed by atoms with Crippen molar-refractivity contribution in [2.45, 2.75) is 43.0 Å². The molecule has 0 saturated heterocycles. The number of para-hydroxylation sites is 1. The van der Waals surface area contributed by atoms with Gasteiger partial charge in [0.1, 0.15) is 0 Å². The van der Waals surface area contributed by atoms with Crippen molar-refractivity contribution in [3.8, 4) is 0 Å². The van der Waals surface area contributed by atoms with Gasteiger partial charge < -0.3 is 11.1 Å². The number of hydrogen-bond acceptors (Lipinski definition) is 4. The van der Waals surface area contributed by atoms with E-state index in [-0.39, 0.29) is 22.8 Å². The molecule has 0 aromatic heterocycles. The highest BCUT2D eigenvalue weighted by Gasteiger charge is 2.28. The van der Waals surface area contributed by atoms with E-state index in [0.717, 1.165) is 38.4 Å². The van der Waals surface area contributed by atoms with Gasteiger partial charge in [0.05, 0.1) is 16.5 Å². The van der Waals surface area contributed by atoms with Gasteiger partial charge in [-0.2, -0.15) is 0 Å². The highest BCUT2D eigenvalue weighted by Crippen LogP contribution is 2.26. The van der Waals surface area contributed by atoms with Crippen LogP contribution in [-0.2, 0) is 14.6 Å². The quantitative estimate of drug-likeness (QED) is 0.835. The van der Waals surface area contributed by atoms with E-state index in [1.807, 2.05) is 0 Å². The van der Waals surface area contributed by atoms with Crippen LogP contribution in [0, 0.1) is 5.92 Å². The second kappa shape index (κ2) is 6.58. The first-order valence-corrected chi connectivity index (χ1v) is 9.14. The fourth-order valence-corrected chi connectivity index (χ4v) is 3.62. The van der Waals surface area contributed by atoms with Crippen molar-refractivity contribution in [3.63, 3.8) is 0 Å². The van der Waals surface area contributed by atoms with Gasteiger partial charge in [0.25, 0.3) is 0 Å². The summed E-state index contributed by atoms with van der Waals surface area (Å²) < 4.78 is 23.5. The molecule has 1 aromatic rings. The first-order chi connectivity index (χ1) is 9.89. The molecule has 2 unspecified atom stereocenters. The maximum Gasteiger partial charge on any atom is 0.229 e. The Kier molecular flexibility index (Phi) is 5.00. The highest BCUT2D eigenvalue weighted by atomic mass is 32.2. The molecule has 1 saturated carbocycles. The lowest BCUT2D eigenvalue weighted by molar-refractivity contribution is -0.120. The minimum absolute atomic E-state index is 0.139. The molecule has 116 valence electrons. The fraction of sp³-hybridized carbons (Fsp3) is 0.533. The first kappa shape index (κ1) is 16.0. The minimum Gasteiger partial charge on any atom is -0.327 e. The Hall–Kier alpha value is -1.40. The Morgan fingerprint density at radius 3 is 2.57 bits per heavy atom. The van der Waals surface area contributed by atoms with Gasteiger partial charge in [-0.1, -0.05) is 31.4 Å². The number of carbonyl (C=O) groups is 1. The zero-order valence-electron chi connectivity index (χ0n) is 12.2. The molecule has 2 atom stereocenters. The summed E-state index contributed by atoms with van der Waals surface area (Å²) in [7, 11) is -3.38. The van der Waals surface area contributed by atoms with Gasteiger partial charge in [-0.15, -0.1) is 0 Å². The number of rotatable bonds is 3. The van der Waals surface area contributed by atoms with Crippen molar-refractivity contribution in [3.05, 3.63) is 24.3 Å². The molecule has 2 rings (SSSR count). The van der Waals surface area contributed by atoms with Gasteiger partial charge in [-0.3, -0.25) is 4.79 Å². The topological polar surface area (TPSA) is 89.3 Å². The molecule has 5 nitrogen and oxygen atoms in total. The summed E-state index contributed by atoms with van der Waals surface area (Å²) in [6.45, 7) is 0. The highest BCUT2D eigenvalue weighted by molar-refractivity contribution is 7.90. The number of carbonyl (C=O) groups excluding carboxylic acids is 1. The standard InChI is InChI=1S/C15H22N2O3S/c1-21(19,20)14-10-6-5-9-13(14)17-15(18)11-7-3-2-4-8-12(11)16/h5-6,9-12H,2-4,7-8,16H2,1H3,(H,17,18). The largest absolute Gasteiger partial charge is 0.327 e. The summed E-state index contributed by atoms with van der Waals surface area (Å²) in [6.07, 6.45) is 5.86. The summed E-state index contributed by atoms with van der Waals surface area (Å²) in [5, 5.41) is 2.75. The average Bonchev–Trinajstić information content (AvgIpc) is 2.62. The van der Waals surface area contributed by atoms with Crippen LogP contribution >= 0.6 is 0 Å². The summed E-state index contributed by atoms with van der Waals surface area (Å²) in [5.41, 5.74) is 6.41. The Labute approximate surface area is 125 Å². The lowest BCUT2D eigenvalue weighted by Gasteiger charge is -2.21. The molecule has 0 heterocycles. The lowest BCUT2D eigenvalue weighted by atomic mass is 9.94. The van der Waals surface area contributed by atoms with Gasteiger partial charge in [0.15, 0.2) is 9.84 Å². The minimum atomic E-state index is -3.38. The van der Waals surface area contributed by atoms with Crippen LogP contribution in [0.1, 0.15) is 32.1 Å². The predicted octanol–water partition coefficient (Wildman–Crippen LogP) is 1.94. The average molecular weight is 310 g/mol. The molecule has 0 bridgehead atoms. The van der Waals surface area contributed by atoms with Crippen molar-refractivity contribution in [2.75, 3.05) is 11.6 Å². The molecule has 1 aliphatic carbocycles. The second-order valence-electron chi connectivity index (χ2n) is 5.67. The summed E-state index contributed by atoms with van der Waals surface area (Å²) >= 11 is 0. The fourth-order valence-electron chi connectivity index (χ4n) is 2.78. The Morgan fingerprint density at radius 1 is 1.19 bits per heavy atom. The maximum atomic E-state index is 12.4. The Morgan fingerprint density at radius 2 is 1.86 bits per heavy atom. The van der Waals surface area contributed by atoms with Gasteiger partial charge in [-0.25, -0.2) is 8.42 Å². The number of nitrogens with one attached hydrogen (secondary N) is 1. The van der Waals surface area contributed by atoms with Crippen molar-refractivity contribution >= 4 is 21.4 Å². The maximum absolute atomic E-state index is 12.4. The third kappa shape index (κ3) is 4.04. The van der Waals surface area contributed by atoms with Crippen LogP contribution in [0.4, 0.5) is 5.69 Å². The van der Waals surface area contributed by atoms with Crippen molar-refractivity contribution in [2.24, 2.45) is 11.7 Å². The number of benzene rings is 1. The number of nitrogens with two attached hydrogens (primary N) is 1. The number of hydrogen-bond donors (Lipinski definition) is 2. The number of anilines is 1. The molecule has 1 aromatic carbocycles. The van der Waals surface area contributed by atoms with E-state index in [1.54, 1.807) is 18.2 Å². The number of amides is 1. The van der Waals surface area contributed by atoms with Crippen molar-refractivity contribution in [1.82, 2.24) is 0 Å². The van der Waals surface area contributed by atoms with E-state index in [9.17, 15) is 13.2 Å². The third-order valence-electron chi connectivity index (χ3n) is 3.95. The predicted molar refractivity (Wildman–Crippen MR) is 82.7 cm³/mol. The SMILES string of the molecule is CS(=O)(=O)c1ccccc1NC(=O)C1CCCCCC1N. The van der Waals surface area contributed by atoms with E-state index in [4.69, 9.17) is 5.73 Å². The molecular weight excluding hydrogens is 288 g/mol. The van der Waals surface area contributed by atoms with Crippen LogP contribution in [0.5, 0.6) is 0 Å². The zero-order valence-corrected chi connectivity index (χ0v) is 13.0. The van der Waals surface area contributed by atoms with Crippen LogP contribution in [-0.4, -0.2) is 26.6 Å². The van der Waals surface area contributed by atoms with Gasteiger partial charge in [0.2, 0.25) is 5.91 Å². The molecule has 1 fully saturated rings. The van der Waals surface area contributed by atoms with Gasteiger partial charge >= 0.3 is 0 Å². The molecule has 3 N–H and O–H groups in total. The molecule has 21 heavy (non-hydrogen) atoms. The van der Waals surface area contributed by atoms with Crippen LogP contribution in [0.3, 0.4) is 0 Å². The molecular formula is C15H22N2O3S. The van der Waals surface area contributed by atoms with E-state index in [0.29, 0.717) is 5.69 Å². The Balaban J connectivity index is 2.20. The van der Waals surface area contributed by atoms with Crippen molar-refractivity contribution < 1.29 is 13.2 Å². The first-order valence-electron chi connectivity index (χ1n) is 7.25. The van der Waals surface area contributed by atoms with Crippen LogP contribution < -0.4 is 11.1 Å². The van der Waals surface area contributed by atoms with Gasteiger partial charge in [0, 0.05) is 12.3 Å². The summed E-state index contributed by atoms with van der Waals surface area (Å²) in [4.78, 5) is 12.6. The lowest BCUT2D eigenvalue weighted by Crippen LogP contribution is -2.38. The molecule has 0 radical (unpaired) electrons. The molecule has 6 heteroatoms. The summed E-state index contributed by atoms with van der Waals surface area (Å²) in [6, 6.07) is 6.30. The molecule has 0 aliphatic heterocycles. The molecule has 1 aliphatic rings. The zero-order chi connectivity index (χ0) is 15.5. The molecule has 0 spiro atoms. The third-order valence-corrected chi connectivity index (χ3v) is 5.11. The van der Waals surface area contributed by atoms with Crippen LogP contribution in [0.15, 0.2) is 29.2 Å². The number of sulfone groups is 1. The van der Waals surface area contributed by atoms with Crippen LogP contribution in [0.2, 0.25) is 0 Å².